The third kappa shape index (κ3) is 5.50. The maximum Gasteiger partial charge on any atom is 0.161 e. The van der Waals surface area contributed by atoms with Crippen molar-refractivity contribution in [2.45, 2.75) is 26.2 Å². The second-order valence-electron chi connectivity index (χ2n) is 7.04. The van der Waals surface area contributed by atoms with E-state index in [0.29, 0.717) is 29.7 Å². The molecule has 0 aliphatic heterocycles. The zero-order valence-electron chi connectivity index (χ0n) is 16.5. The van der Waals surface area contributed by atoms with Crippen molar-refractivity contribution in [3.63, 3.8) is 0 Å². The third-order valence-corrected chi connectivity index (χ3v) is 4.28. The van der Waals surface area contributed by atoms with E-state index >= 15 is 0 Å². The molecular weight excluding hydrogens is 362 g/mol. The molecule has 0 saturated heterocycles. The van der Waals surface area contributed by atoms with E-state index in [1.165, 1.54) is 0 Å². The predicted octanol–water partition coefficient (Wildman–Crippen LogP) is 4.09. The Hall–Kier alpha value is -2.47. The second-order valence-corrected chi connectivity index (χ2v) is 7.48. The molecule has 6 heteroatoms. The summed E-state index contributed by atoms with van der Waals surface area (Å²) < 4.78 is 22.4. The standard InChI is InChI=1S/C21H27NO4S/c1-21(2,3)16-13-15(23-4)7-9-17(16)25-10-11-26-18-8-6-14(20(22)27)12-19(18)24-5/h6-9,12-13H,10-11H2,1-5H3,(H2,22,27). The lowest BCUT2D eigenvalue weighted by atomic mass is 9.86. The highest BCUT2D eigenvalue weighted by atomic mass is 32.1. The second kappa shape index (κ2) is 8.95. The number of hydrogen-bond donors (Lipinski definition) is 1. The molecule has 5 nitrogen and oxygen atoms in total. The maximum absolute atomic E-state index is 5.96. The average Bonchev–Trinajstić information content (AvgIpc) is 2.64. The van der Waals surface area contributed by atoms with E-state index in [0.717, 1.165) is 22.6 Å². The van der Waals surface area contributed by atoms with Crippen LogP contribution in [0.3, 0.4) is 0 Å². The molecule has 0 saturated carbocycles. The Balaban J connectivity index is 2.02. The van der Waals surface area contributed by atoms with Gasteiger partial charge in [-0.15, -0.1) is 0 Å². The van der Waals surface area contributed by atoms with Crippen LogP contribution in [0.2, 0.25) is 0 Å². The van der Waals surface area contributed by atoms with Crippen molar-refractivity contribution in [1.29, 1.82) is 0 Å². The smallest absolute Gasteiger partial charge is 0.161 e. The van der Waals surface area contributed by atoms with Gasteiger partial charge in [-0.3, -0.25) is 0 Å². The lowest BCUT2D eigenvalue weighted by Gasteiger charge is -2.23. The topological polar surface area (TPSA) is 62.9 Å². The highest BCUT2D eigenvalue weighted by molar-refractivity contribution is 7.80. The summed E-state index contributed by atoms with van der Waals surface area (Å²) >= 11 is 4.99. The molecule has 2 rings (SSSR count). The summed E-state index contributed by atoms with van der Waals surface area (Å²) in [5, 5.41) is 0. The van der Waals surface area contributed by atoms with Gasteiger partial charge in [0.25, 0.3) is 0 Å². The van der Waals surface area contributed by atoms with E-state index in [1.807, 2.05) is 24.3 Å². The first-order valence-electron chi connectivity index (χ1n) is 8.68. The van der Waals surface area contributed by atoms with Gasteiger partial charge >= 0.3 is 0 Å². The fourth-order valence-corrected chi connectivity index (χ4v) is 2.72. The summed E-state index contributed by atoms with van der Waals surface area (Å²) in [5.74, 6) is 2.83. The maximum atomic E-state index is 5.96. The van der Waals surface area contributed by atoms with Crippen molar-refractivity contribution in [1.82, 2.24) is 0 Å². The zero-order chi connectivity index (χ0) is 20.0. The summed E-state index contributed by atoms with van der Waals surface area (Å²) in [4.78, 5) is 0.317. The van der Waals surface area contributed by atoms with Crippen LogP contribution in [0.25, 0.3) is 0 Å². The molecule has 146 valence electrons. The van der Waals surface area contributed by atoms with Gasteiger partial charge < -0.3 is 24.7 Å². The summed E-state index contributed by atoms with van der Waals surface area (Å²) in [6.07, 6.45) is 0. The molecule has 0 fully saturated rings. The Morgan fingerprint density at radius 1 is 0.889 bits per heavy atom. The van der Waals surface area contributed by atoms with Crippen LogP contribution in [-0.2, 0) is 5.41 Å². The highest BCUT2D eigenvalue weighted by Gasteiger charge is 2.20. The largest absolute Gasteiger partial charge is 0.497 e. The number of benzene rings is 2. The molecule has 0 aliphatic rings. The molecule has 0 aromatic heterocycles. The monoisotopic (exact) mass is 389 g/mol. The Labute approximate surface area is 166 Å². The van der Waals surface area contributed by atoms with Crippen LogP contribution in [0.1, 0.15) is 31.9 Å². The van der Waals surface area contributed by atoms with Crippen molar-refractivity contribution >= 4 is 17.2 Å². The molecule has 0 aliphatic carbocycles. The van der Waals surface area contributed by atoms with Crippen LogP contribution >= 0.6 is 12.2 Å². The van der Waals surface area contributed by atoms with Crippen LogP contribution in [0.4, 0.5) is 0 Å². The van der Waals surface area contributed by atoms with E-state index in [2.05, 4.69) is 20.8 Å². The minimum Gasteiger partial charge on any atom is -0.497 e. The number of nitrogens with two attached hydrogens (primary N) is 1. The molecule has 0 amide bonds. The number of hydrogen-bond acceptors (Lipinski definition) is 5. The number of ether oxygens (including phenoxy) is 4. The van der Waals surface area contributed by atoms with E-state index < -0.39 is 0 Å². The third-order valence-electron chi connectivity index (χ3n) is 4.04. The zero-order valence-corrected chi connectivity index (χ0v) is 17.3. The van der Waals surface area contributed by atoms with Gasteiger partial charge in [0, 0.05) is 11.1 Å². The number of methoxy groups -OCH3 is 2. The van der Waals surface area contributed by atoms with Gasteiger partial charge in [0.05, 0.1) is 14.2 Å². The SMILES string of the molecule is COc1ccc(OCCOc2ccc(C(N)=S)cc2OC)c(C(C)(C)C)c1. The molecular formula is C21H27NO4S. The van der Waals surface area contributed by atoms with Crippen LogP contribution < -0.4 is 24.7 Å². The number of rotatable bonds is 8. The normalized spacial score (nSPS) is 11.0. The molecule has 0 heterocycles. The molecule has 0 atom stereocenters. The summed E-state index contributed by atoms with van der Waals surface area (Å²) in [7, 11) is 3.24. The molecule has 0 spiro atoms. The van der Waals surface area contributed by atoms with Crippen molar-refractivity contribution in [3.05, 3.63) is 47.5 Å². The Morgan fingerprint density at radius 2 is 1.52 bits per heavy atom. The van der Waals surface area contributed by atoms with Gasteiger partial charge in [-0.25, -0.2) is 0 Å². The van der Waals surface area contributed by atoms with Crippen molar-refractivity contribution in [2.75, 3.05) is 27.4 Å². The first kappa shape index (κ1) is 20.8. The van der Waals surface area contributed by atoms with Gasteiger partial charge in [-0.1, -0.05) is 33.0 Å². The van der Waals surface area contributed by atoms with E-state index in [9.17, 15) is 0 Å². The van der Waals surface area contributed by atoms with E-state index in [-0.39, 0.29) is 5.41 Å². The van der Waals surface area contributed by atoms with Gasteiger partial charge in [0.15, 0.2) is 11.5 Å². The van der Waals surface area contributed by atoms with Crippen LogP contribution in [0, 0.1) is 0 Å². The van der Waals surface area contributed by atoms with Gasteiger partial charge in [0.1, 0.15) is 29.7 Å². The number of thiocarbonyl (C=S) groups is 1. The van der Waals surface area contributed by atoms with Crippen molar-refractivity contribution < 1.29 is 18.9 Å². The molecule has 0 unspecified atom stereocenters. The van der Waals surface area contributed by atoms with Gasteiger partial charge in [0.2, 0.25) is 0 Å². The Kier molecular flexibility index (Phi) is 6.91. The fraction of sp³-hybridized carbons (Fsp3) is 0.381. The minimum absolute atomic E-state index is 0.0651. The lowest BCUT2D eigenvalue weighted by Crippen LogP contribution is -2.16. The molecule has 0 bridgehead atoms. The van der Waals surface area contributed by atoms with E-state index in [4.69, 9.17) is 36.9 Å². The lowest BCUT2D eigenvalue weighted by molar-refractivity contribution is 0.208. The summed E-state index contributed by atoms with van der Waals surface area (Å²) in [6.45, 7) is 7.19. The minimum atomic E-state index is -0.0651. The molecule has 2 aromatic rings. The quantitative estimate of drug-likeness (QED) is 0.542. The van der Waals surface area contributed by atoms with E-state index in [1.54, 1.807) is 26.4 Å². The first-order valence-corrected chi connectivity index (χ1v) is 9.09. The average molecular weight is 390 g/mol. The van der Waals surface area contributed by atoms with Crippen LogP contribution in [0.15, 0.2) is 36.4 Å². The summed E-state index contributed by atoms with van der Waals surface area (Å²) in [6, 6.07) is 11.2. The van der Waals surface area contributed by atoms with Crippen molar-refractivity contribution in [3.8, 4) is 23.0 Å². The molecule has 2 N–H and O–H groups in total. The highest BCUT2D eigenvalue weighted by Crippen LogP contribution is 2.34. The predicted molar refractivity (Wildman–Crippen MR) is 112 cm³/mol. The Morgan fingerprint density at radius 3 is 2.07 bits per heavy atom. The molecule has 0 radical (unpaired) electrons. The molecule has 27 heavy (non-hydrogen) atoms. The van der Waals surface area contributed by atoms with Crippen molar-refractivity contribution in [2.24, 2.45) is 5.73 Å². The first-order chi connectivity index (χ1) is 12.8. The fourth-order valence-electron chi connectivity index (χ4n) is 2.59. The summed E-state index contributed by atoms with van der Waals surface area (Å²) in [5.41, 5.74) is 7.40. The van der Waals surface area contributed by atoms with Gasteiger partial charge in [-0.05, 0) is 41.8 Å². The molecule has 2 aromatic carbocycles. The van der Waals surface area contributed by atoms with Crippen LogP contribution in [-0.4, -0.2) is 32.4 Å². The van der Waals surface area contributed by atoms with Gasteiger partial charge in [-0.2, -0.15) is 0 Å². The van der Waals surface area contributed by atoms with Crippen LogP contribution in [0.5, 0.6) is 23.0 Å². The Bertz CT molecular complexity index is 799.